The number of halogens is 2. The summed E-state index contributed by atoms with van der Waals surface area (Å²) in [5.74, 6) is -1.73. The number of carbonyl (C=O) groups is 1. The summed E-state index contributed by atoms with van der Waals surface area (Å²) >= 11 is 5.85. The second kappa shape index (κ2) is 9.39. The van der Waals surface area contributed by atoms with Crippen molar-refractivity contribution >= 4 is 33.5 Å². The normalized spacial score (nSPS) is 12.6. The van der Waals surface area contributed by atoms with Gasteiger partial charge in [-0.3, -0.25) is 9.78 Å². The first-order valence-electron chi connectivity index (χ1n) is 10.6. The molecule has 35 heavy (non-hydrogen) atoms. The number of rotatable bonds is 6. The molecule has 10 heteroatoms. The number of sulfone groups is 1. The first-order chi connectivity index (χ1) is 16.5. The number of aromatic nitrogens is 2. The third-order valence-corrected chi connectivity index (χ3v) is 6.85. The molecule has 0 amide bonds. The Balaban J connectivity index is 2.03. The predicted molar refractivity (Wildman–Crippen MR) is 132 cm³/mol. The first kappa shape index (κ1) is 24.8. The maximum absolute atomic E-state index is 14.7. The van der Waals surface area contributed by atoms with Gasteiger partial charge in [0.05, 0.1) is 29.1 Å². The number of carbonyl (C=O) groups excluding carboxylic acids is 1. The van der Waals surface area contributed by atoms with Crippen molar-refractivity contribution in [2.45, 2.75) is 18.6 Å². The van der Waals surface area contributed by atoms with Crippen LogP contribution in [0.25, 0.3) is 17.2 Å². The standard InChI is InChI=1S/C25H22ClFN2O5S/c1-29-12-21(17-5-4-6-18(17)24(29)30)19-8-15(13-35(3,32)33)20(25(31)34-2)7-14(19)9-23-22(27)10-16(26)11-28-23/h4-5,7-8,10-12H,6,9,13H2,1-3H3. The van der Waals surface area contributed by atoms with Gasteiger partial charge in [-0.15, -0.1) is 0 Å². The zero-order valence-corrected chi connectivity index (χ0v) is 20.8. The van der Waals surface area contributed by atoms with E-state index in [9.17, 15) is 22.4 Å². The summed E-state index contributed by atoms with van der Waals surface area (Å²) in [5.41, 5.74) is 3.30. The third-order valence-electron chi connectivity index (χ3n) is 5.81. The van der Waals surface area contributed by atoms with E-state index in [0.717, 1.165) is 12.3 Å². The van der Waals surface area contributed by atoms with Gasteiger partial charge >= 0.3 is 5.97 Å². The predicted octanol–water partition coefficient (Wildman–Crippen LogP) is 3.73. The molecule has 1 aromatic carbocycles. The largest absolute Gasteiger partial charge is 0.465 e. The summed E-state index contributed by atoms with van der Waals surface area (Å²) in [6, 6.07) is 4.26. The SMILES string of the molecule is COC(=O)c1cc(Cc2ncc(Cl)cc2F)c(-c2cn(C)c(=O)c3c2C=CC3)cc1CS(C)(=O)=O. The molecule has 0 saturated heterocycles. The van der Waals surface area contributed by atoms with Crippen LogP contribution in [-0.4, -0.2) is 37.3 Å². The Bertz CT molecular complexity index is 1560. The number of fused-ring (bicyclic) bond motifs is 1. The van der Waals surface area contributed by atoms with Crippen LogP contribution in [0.5, 0.6) is 0 Å². The lowest BCUT2D eigenvalue weighted by atomic mass is 9.89. The highest BCUT2D eigenvalue weighted by molar-refractivity contribution is 7.89. The average molecular weight is 517 g/mol. The lowest BCUT2D eigenvalue weighted by Crippen LogP contribution is -2.21. The number of pyridine rings is 2. The Morgan fingerprint density at radius 3 is 2.63 bits per heavy atom. The van der Waals surface area contributed by atoms with Crippen LogP contribution in [0.3, 0.4) is 0 Å². The van der Waals surface area contributed by atoms with Crippen molar-refractivity contribution in [3.05, 3.63) is 91.4 Å². The van der Waals surface area contributed by atoms with E-state index in [0.29, 0.717) is 34.2 Å². The van der Waals surface area contributed by atoms with Crippen molar-refractivity contribution < 1.29 is 22.3 Å². The van der Waals surface area contributed by atoms with Gasteiger partial charge < -0.3 is 9.30 Å². The topological polar surface area (TPSA) is 95.3 Å². The highest BCUT2D eigenvalue weighted by atomic mass is 35.5. The van der Waals surface area contributed by atoms with Crippen LogP contribution in [-0.2, 0) is 40.2 Å². The Morgan fingerprint density at radius 2 is 1.97 bits per heavy atom. The molecule has 2 aromatic heterocycles. The highest BCUT2D eigenvalue weighted by Crippen LogP contribution is 2.35. The van der Waals surface area contributed by atoms with E-state index in [-0.39, 0.29) is 33.8 Å². The molecule has 0 saturated carbocycles. The first-order valence-corrected chi connectivity index (χ1v) is 13.0. The van der Waals surface area contributed by atoms with E-state index in [2.05, 4.69) is 4.98 Å². The summed E-state index contributed by atoms with van der Waals surface area (Å²) < 4.78 is 45.3. The molecule has 0 spiro atoms. The van der Waals surface area contributed by atoms with Crippen LogP contribution < -0.4 is 5.56 Å². The molecule has 0 N–H and O–H groups in total. The fourth-order valence-electron chi connectivity index (χ4n) is 4.25. The number of esters is 1. The number of hydrogen-bond donors (Lipinski definition) is 0. The molecule has 4 rings (SSSR count). The van der Waals surface area contributed by atoms with Gasteiger partial charge in [0.25, 0.3) is 5.56 Å². The molecule has 2 heterocycles. The van der Waals surface area contributed by atoms with Crippen LogP contribution in [0.2, 0.25) is 5.02 Å². The van der Waals surface area contributed by atoms with E-state index in [1.54, 1.807) is 19.3 Å². The number of methoxy groups -OCH3 is 1. The van der Waals surface area contributed by atoms with Gasteiger partial charge in [0.15, 0.2) is 9.84 Å². The lowest BCUT2D eigenvalue weighted by Gasteiger charge is -2.18. The van der Waals surface area contributed by atoms with E-state index < -0.39 is 27.4 Å². The molecule has 1 aliphatic rings. The summed E-state index contributed by atoms with van der Waals surface area (Å²) in [6.07, 6.45) is 8.21. The average Bonchev–Trinajstić information content (AvgIpc) is 3.27. The van der Waals surface area contributed by atoms with Gasteiger partial charge in [-0.05, 0) is 46.9 Å². The van der Waals surface area contributed by atoms with Crippen LogP contribution in [0.1, 0.15) is 38.3 Å². The number of aryl methyl sites for hydroxylation is 1. The molecule has 0 fully saturated rings. The van der Waals surface area contributed by atoms with Gasteiger partial charge in [0, 0.05) is 43.2 Å². The van der Waals surface area contributed by atoms with Gasteiger partial charge in [0.1, 0.15) is 5.82 Å². The number of nitrogens with zero attached hydrogens (tertiary/aromatic N) is 2. The van der Waals surface area contributed by atoms with Crippen LogP contribution >= 0.6 is 11.6 Å². The van der Waals surface area contributed by atoms with Crippen molar-refractivity contribution in [3.63, 3.8) is 0 Å². The minimum Gasteiger partial charge on any atom is -0.465 e. The van der Waals surface area contributed by atoms with E-state index in [1.165, 1.54) is 23.9 Å². The van der Waals surface area contributed by atoms with Gasteiger partial charge in [-0.2, -0.15) is 0 Å². The van der Waals surface area contributed by atoms with Crippen molar-refractivity contribution in [1.29, 1.82) is 0 Å². The molecular weight excluding hydrogens is 495 g/mol. The third kappa shape index (κ3) is 5.06. The van der Waals surface area contributed by atoms with Crippen molar-refractivity contribution in [2.75, 3.05) is 13.4 Å². The summed E-state index contributed by atoms with van der Waals surface area (Å²) in [4.78, 5) is 29.3. The van der Waals surface area contributed by atoms with E-state index >= 15 is 0 Å². The Morgan fingerprint density at radius 1 is 1.23 bits per heavy atom. The van der Waals surface area contributed by atoms with Crippen LogP contribution in [0.15, 0.2) is 41.5 Å². The number of benzene rings is 1. The number of ether oxygens (including phenoxy) is 1. The maximum atomic E-state index is 14.7. The van der Waals surface area contributed by atoms with Gasteiger partial charge in [-0.25, -0.2) is 17.6 Å². The molecule has 0 aliphatic heterocycles. The molecule has 0 unspecified atom stereocenters. The molecule has 7 nitrogen and oxygen atoms in total. The Kier molecular flexibility index (Phi) is 6.66. The van der Waals surface area contributed by atoms with Crippen LogP contribution in [0, 0.1) is 5.82 Å². The Hall–Kier alpha value is -3.30. The summed E-state index contributed by atoms with van der Waals surface area (Å²) in [5, 5.41) is 0.145. The zero-order chi connectivity index (χ0) is 25.5. The van der Waals surface area contributed by atoms with Crippen molar-refractivity contribution in [3.8, 4) is 11.1 Å². The molecule has 1 aliphatic carbocycles. The van der Waals surface area contributed by atoms with Crippen LogP contribution in [0.4, 0.5) is 4.39 Å². The zero-order valence-electron chi connectivity index (χ0n) is 19.3. The minimum absolute atomic E-state index is 0.0111. The summed E-state index contributed by atoms with van der Waals surface area (Å²) in [6.45, 7) is 0. The molecular formula is C25H22ClFN2O5S. The Labute approximate surface area is 206 Å². The monoisotopic (exact) mass is 516 g/mol. The smallest absolute Gasteiger partial charge is 0.338 e. The van der Waals surface area contributed by atoms with Gasteiger partial charge in [-0.1, -0.05) is 23.8 Å². The highest BCUT2D eigenvalue weighted by Gasteiger charge is 2.24. The van der Waals surface area contributed by atoms with E-state index in [1.807, 2.05) is 12.2 Å². The fraction of sp³-hybridized carbons (Fsp3) is 0.240. The molecule has 0 bridgehead atoms. The maximum Gasteiger partial charge on any atom is 0.338 e. The minimum atomic E-state index is -3.51. The molecule has 0 atom stereocenters. The van der Waals surface area contributed by atoms with Crippen molar-refractivity contribution in [2.24, 2.45) is 7.05 Å². The number of hydrogen-bond acceptors (Lipinski definition) is 6. The number of allylic oxidation sites excluding steroid dienone is 1. The lowest BCUT2D eigenvalue weighted by molar-refractivity contribution is 0.0599. The fourth-order valence-corrected chi connectivity index (χ4v) is 5.20. The summed E-state index contributed by atoms with van der Waals surface area (Å²) in [7, 11) is -0.685. The quantitative estimate of drug-likeness (QED) is 0.463. The van der Waals surface area contributed by atoms with Crippen molar-refractivity contribution in [1.82, 2.24) is 9.55 Å². The second-order valence-electron chi connectivity index (χ2n) is 8.44. The second-order valence-corrected chi connectivity index (χ2v) is 11.0. The molecule has 3 aromatic rings. The van der Waals surface area contributed by atoms with E-state index in [4.69, 9.17) is 16.3 Å². The van der Waals surface area contributed by atoms with Gasteiger partial charge in [0.2, 0.25) is 0 Å². The molecule has 182 valence electrons. The molecule has 0 radical (unpaired) electrons.